The summed E-state index contributed by atoms with van der Waals surface area (Å²) in [4.78, 5) is 0.559. The van der Waals surface area contributed by atoms with Crippen molar-refractivity contribution >= 4 is 55.1 Å². The summed E-state index contributed by atoms with van der Waals surface area (Å²) in [6.07, 6.45) is 0. The van der Waals surface area contributed by atoms with Gasteiger partial charge in [-0.25, -0.2) is 0 Å². The predicted octanol–water partition coefficient (Wildman–Crippen LogP) is 2.99. The Morgan fingerprint density at radius 1 is 1.00 bits per heavy atom. The maximum Gasteiger partial charge on any atom is 0.0418 e. The molecule has 2 atom stereocenters. The third-order valence-electron chi connectivity index (χ3n) is 0.687. The minimum atomic E-state index is 0.279. The van der Waals surface area contributed by atoms with Crippen molar-refractivity contribution in [3.63, 3.8) is 0 Å². The Hall–Kier alpha value is 1.54. The molecule has 2 unspecified atom stereocenters. The summed E-state index contributed by atoms with van der Waals surface area (Å²) in [7, 11) is 0. The van der Waals surface area contributed by atoms with Gasteiger partial charge in [0, 0.05) is 21.4 Å². The Morgan fingerprint density at radius 2 is 1.25 bits per heavy atom. The molecule has 0 rings (SSSR count). The van der Waals surface area contributed by atoms with Crippen molar-refractivity contribution in [2.24, 2.45) is 0 Å². The minimum Gasteiger partial charge on any atom is -0.125 e. The normalized spacial score (nSPS) is 18.0. The van der Waals surface area contributed by atoms with Gasteiger partial charge in [0.1, 0.15) is 0 Å². The molecule has 8 heavy (non-hydrogen) atoms. The van der Waals surface area contributed by atoms with Gasteiger partial charge in [0.2, 0.25) is 0 Å². The molecular weight excluding hydrogens is 279 g/mol. The lowest BCUT2D eigenvalue weighted by Crippen LogP contribution is -2.16. The Balaban J connectivity index is 3.29. The largest absolute Gasteiger partial charge is 0.125 e. The third-order valence-corrected chi connectivity index (χ3v) is 4.73. The van der Waals surface area contributed by atoms with Crippen molar-refractivity contribution < 1.29 is 0 Å². The second-order valence-electron chi connectivity index (χ2n) is 1.34. The molecule has 0 fully saturated rings. The van der Waals surface area contributed by atoms with Gasteiger partial charge in [-0.15, -0.1) is 23.2 Å². The highest BCUT2D eigenvalue weighted by Crippen LogP contribution is 2.16. The van der Waals surface area contributed by atoms with Gasteiger partial charge >= 0.3 is 0 Å². The zero-order valence-electron chi connectivity index (χ0n) is 4.08. The molecule has 0 aromatic heterocycles. The average Bonchev–Trinajstić information content (AvgIpc) is 1.84. The van der Waals surface area contributed by atoms with E-state index in [4.69, 9.17) is 23.2 Å². The van der Waals surface area contributed by atoms with Gasteiger partial charge in [-0.1, -0.05) is 31.9 Å². The summed E-state index contributed by atoms with van der Waals surface area (Å²) < 4.78 is 0. The zero-order chi connectivity index (χ0) is 6.57. The van der Waals surface area contributed by atoms with E-state index in [1.54, 1.807) is 0 Å². The zero-order valence-corrected chi connectivity index (χ0v) is 8.76. The summed E-state index contributed by atoms with van der Waals surface area (Å²) in [5.74, 6) is 1.17. The summed E-state index contributed by atoms with van der Waals surface area (Å²) in [5, 5.41) is 0. The van der Waals surface area contributed by atoms with E-state index in [1.165, 1.54) is 0 Å². The molecule has 0 nitrogen and oxygen atoms in total. The summed E-state index contributed by atoms with van der Waals surface area (Å²) in [6.45, 7) is 0. The minimum absolute atomic E-state index is 0.279. The van der Waals surface area contributed by atoms with Crippen molar-refractivity contribution in [3.8, 4) is 0 Å². The standard InChI is InChI=1S/C4H6Br2Cl2/c5-3(1-7)4(6)2-8/h3-4H,1-2H2. The van der Waals surface area contributed by atoms with Crippen LogP contribution in [-0.4, -0.2) is 21.4 Å². The SMILES string of the molecule is ClCC(Br)C(Br)CCl. The molecule has 0 amide bonds. The number of hydrogen-bond acceptors (Lipinski definition) is 0. The molecule has 0 aromatic rings. The summed E-state index contributed by atoms with van der Waals surface area (Å²) in [6, 6.07) is 0. The highest BCUT2D eigenvalue weighted by molar-refractivity contribution is 9.12. The van der Waals surface area contributed by atoms with Crippen LogP contribution >= 0.6 is 55.1 Å². The second kappa shape index (κ2) is 5.33. The molecule has 0 aliphatic rings. The maximum absolute atomic E-state index is 5.49. The van der Waals surface area contributed by atoms with E-state index in [0.29, 0.717) is 11.8 Å². The van der Waals surface area contributed by atoms with E-state index in [1.807, 2.05) is 0 Å². The summed E-state index contributed by atoms with van der Waals surface area (Å²) >= 11 is 17.7. The molecule has 0 saturated carbocycles. The molecule has 0 spiro atoms. The molecule has 0 aliphatic carbocycles. The van der Waals surface area contributed by atoms with Crippen LogP contribution in [0.25, 0.3) is 0 Å². The van der Waals surface area contributed by atoms with Crippen molar-refractivity contribution in [1.82, 2.24) is 0 Å². The molecule has 4 heteroatoms. The molecule has 50 valence electrons. The van der Waals surface area contributed by atoms with Crippen LogP contribution in [-0.2, 0) is 0 Å². The fourth-order valence-electron chi connectivity index (χ4n) is 0.193. The van der Waals surface area contributed by atoms with Gasteiger partial charge in [-0.05, 0) is 0 Å². The van der Waals surface area contributed by atoms with Crippen LogP contribution in [0.15, 0.2) is 0 Å². The van der Waals surface area contributed by atoms with Crippen molar-refractivity contribution in [2.45, 2.75) is 9.65 Å². The molecule has 0 saturated heterocycles. The first-order valence-corrected chi connectivity index (χ1v) is 5.02. The van der Waals surface area contributed by atoms with Crippen LogP contribution in [0.3, 0.4) is 0 Å². The van der Waals surface area contributed by atoms with E-state index in [-0.39, 0.29) is 9.65 Å². The van der Waals surface area contributed by atoms with E-state index in [2.05, 4.69) is 31.9 Å². The lowest BCUT2D eigenvalue weighted by Gasteiger charge is -2.08. The first-order chi connectivity index (χ1) is 3.72. The Bertz CT molecular complexity index is 52.0. The molecule has 0 aliphatic heterocycles. The monoisotopic (exact) mass is 282 g/mol. The highest BCUT2D eigenvalue weighted by atomic mass is 79.9. The smallest absolute Gasteiger partial charge is 0.0418 e. The maximum atomic E-state index is 5.49. The van der Waals surface area contributed by atoms with E-state index in [9.17, 15) is 0 Å². The fourth-order valence-corrected chi connectivity index (χ4v) is 1.43. The van der Waals surface area contributed by atoms with Gasteiger partial charge in [0.25, 0.3) is 0 Å². The van der Waals surface area contributed by atoms with Crippen molar-refractivity contribution in [2.75, 3.05) is 11.8 Å². The Labute approximate surface area is 76.2 Å². The molecule has 0 aromatic carbocycles. The van der Waals surface area contributed by atoms with E-state index in [0.717, 1.165) is 0 Å². The molecular formula is C4H6Br2Cl2. The van der Waals surface area contributed by atoms with Crippen LogP contribution in [0.4, 0.5) is 0 Å². The topological polar surface area (TPSA) is 0 Å². The van der Waals surface area contributed by atoms with Gasteiger partial charge < -0.3 is 0 Å². The fraction of sp³-hybridized carbons (Fsp3) is 1.00. The van der Waals surface area contributed by atoms with Gasteiger partial charge in [-0.3, -0.25) is 0 Å². The Kier molecular flexibility index (Phi) is 6.36. The lowest BCUT2D eigenvalue weighted by molar-refractivity contribution is 0.972. The van der Waals surface area contributed by atoms with Crippen LogP contribution in [0.2, 0.25) is 0 Å². The highest BCUT2D eigenvalue weighted by Gasteiger charge is 2.11. The molecule has 0 heterocycles. The van der Waals surface area contributed by atoms with Crippen molar-refractivity contribution in [3.05, 3.63) is 0 Å². The van der Waals surface area contributed by atoms with E-state index < -0.39 is 0 Å². The third kappa shape index (κ3) is 3.54. The van der Waals surface area contributed by atoms with E-state index >= 15 is 0 Å². The first-order valence-electron chi connectivity index (χ1n) is 2.12. The number of halogens is 4. The number of alkyl halides is 4. The van der Waals surface area contributed by atoms with Gasteiger partial charge in [-0.2, -0.15) is 0 Å². The average molecular weight is 285 g/mol. The van der Waals surface area contributed by atoms with Crippen LogP contribution in [0.1, 0.15) is 0 Å². The van der Waals surface area contributed by atoms with Gasteiger partial charge in [0.15, 0.2) is 0 Å². The van der Waals surface area contributed by atoms with Gasteiger partial charge in [0.05, 0.1) is 0 Å². The molecule has 0 bridgehead atoms. The second-order valence-corrected chi connectivity index (χ2v) is 4.31. The quantitative estimate of drug-likeness (QED) is 0.699. The summed E-state index contributed by atoms with van der Waals surface area (Å²) in [5.41, 5.74) is 0. The van der Waals surface area contributed by atoms with Crippen LogP contribution in [0, 0.1) is 0 Å². The number of hydrogen-bond donors (Lipinski definition) is 0. The van der Waals surface area contributed by atoms with Crippen molar-refractivity contribution in [1.29, 1.82) is 0 Å². The van der Waals surface area contributed by atoms with Crippen LogP contribution < -0.4 is 0 Å². The first kappa shape index (κ1) is 9.54. The number of rotatable bonds is 3. The predicted molar refractivity (Wildman–Crippen MR) is 46.9 cm³/mol. The lowest BCUT2D eigenvalue weighted by atomic mass is 10.4. The molecule has 0 radical (unpaired) electrons. The molecule has 0 N–H and O–H groups in total. The van der Waals surface area contributed by atoms with Crippen LogP contribution in [0.5, 0.6) is 0 Å². The Morgan fingerprint density at radius 3 is 1.38 bits per heavy atom.